The topological polar surface area (TPSA) is 42.0 Å². The third-order valence-electron chi connectivity index (χ3n) is 3.69. The fourth-order valence-electron chi connectivity index (χ4n) is 2.46. The van der Waals surface area contributed by atoms with Crippen LogP contribution in [0.3, 0.4) is 0 Å². The molecule has 0 unspecified atom stereocenters. The highest BCUT2D eigenvalue weighted by atomic mass is 32.1. The molecule has 0 radical (unpaired) electrons. The van der Waals surface area contributed by atoms with Crippen LogP contribution in [-0.2, 0) is 11.2 Å². The maximum absolute atomic E-state index is 12.1. The summed E-state index contributed by atoms with van der Waals surface area (Å²) in [6.07, 6.45) is 5.45. The number of aromatic nitrogens is 1. The Kier molecular flexibility index (Phi) is 3.83. The van der Waals surface area contributed by atoms with Crippen molar-refractivity contribution in [2.75, 3.05) is 6.54 Å². The van der Waals surface area contributed by atoms with Gasteiger partial charge in [0.15, 0.2) is 0 Å². The molecule has 1 fully saturated rings. The van der Waals surface area contributed by atoms with E-state index >= 15 is 0 Å². The minimum Gasteiger partial charge on any atom is -0.356 e. The van der Waals surface area contributed by atoms with Crippen LogP contribution in [0.15, 0.2) is 36.7 Å². The van der Waals surface area contributed by atoms with Crippen LogP contribution in [0.5, 0.6) is 0 Å². The quantitative estimate of drug-likeness (QED) is 0.918. The molecule has 0 bridgehead atoms. The van der Waals surface area contributed by atoms with Gasteiger partial charge < -0.3 is 5.32 Å². The highest BCUT2D eigenvalue weighted by Crippen LogP contribution is 2.49. The number of amides is 1. The molecule has 1 N–H and O–H groups in total. The van der Waals surface area contributed by atoms with Crippen molar-refractivity contribution in [1.82, 2.24) is 10.3 Å². The second-order valence-corrected chi connectivity index (χ2v) is 6.62. The summed E-state index contributed by atoms with van der Waals surface area (Å²) in [7, 11) is 0. The van der Waals surface area contributed by atoms with E-state index in [0.29, 0.717) is 12.5 Å². The van der Waals surface area contributed by atoms with Crippen molar-refractivity contribution >= 4 is 17.2 Å². The van der Waals surface area contributed by atoms with Crippen molar-refractivity contribution in [2.24, 2.45) is 5.92 Å². The molecule has 104 valence electrons. The lowest BCUT2D eigenvalue weighted by Gasteiger charge is -2.04. The number of carbonyl (C=O) groups is 1. The van der Waals surface area contributed by atoms with Gasteiger partial charge in [-0.3, -0.25) is 9.78 Å². The van der Waals surface area contributed by atoms with E-state index in [2.05, 4.69) is 29.4 Å². The first-order valence-electron chi connectivity index (χ1n) is 6.97. The van der Waals surface area contributed by atoms with E-state index in [1.54, 1.807) is 6.20 Å². The summed E-state index contributed by atoms with van der Waals surface area (Å²) >= 11 is 1.81. The normalized spacial score (nSPS) is 20.6. The number of thiophene rings is 1. The highest BCUT2D eigenvalue weighted by Gasteiger charge is 2.44. The lowest BCUT2D eigenvalue weighted by Crippen LogP contribution is -2.27. The minimum absolute atomic E-state index is 0.182. The first-order chi connectivity index (χ1) is 9.74. The second-order valence-electron chi connectivity index (χ2n) is 5.30. The van der Waals surface area contributed by atoms with Crippen molar-refractivity contribution in [3.8, 4) is 0 Å². The van der Waals surface area contributed by atoms with Gasteiger partial charge >= 0.3 is 0 Å². The van der Waals surface area contributed by atoms with Crippen LogP contribution in [0.1, 0.15) is 27.7 Å². The van der Waals surface area contributed by atoms with E-state index in [4.69, 9.17) is 0 Å². The molecule has 0 aromatic carbocycles. The molecule has 0 spiro atoms. The van der Waals surface area contributed by atoms with Crippen LogP contribution < -0.4 is 5.32 Å². The van der Waals surface area contributed by atoms with E-state index < -0.39 is 0 Å². The summed E-state index contributed by atoms with van der Waals surface area (Å²) in [4.78, 5) is 18.8. The molecule has 0 aliphatic heterocycles. The smallest absolute Gasteiger partial charge is 0.223 e. The van der Waals surface area contributed by atoms with Crippen molar-refractivity contribution in [3.05, 3.63) is 52.0 Å². The molecule has 2 atom stereocenters. The Morgan fingerprint density at radius 3 is 3.05 bits per heavy atom. The number of hydrogen-bond donors (Lipinski definition) is 1. The first-order valence-corrected chi connectivity index (χ1v) is 7.78. The largest absolute Gasteiger partial charge is 0.356 e. The molecule has 3 nitrogen and oxygen atoms in total. The number of nitrogens with one attached hydrogen (secondary N) is 1. The third kappa shape index (κ3) is 3.07. The molecule has 1 aliphatic carbocycles. The van der Waals surface area contributed by atoms with Crippen molar-refractivity contribution in [1.29, 1.82) is 0 Å². The summed E-state index contributed by atoms with van der Waals surface area (Å²) < 4.78 is 0. The maximum Gasteiger partial charge on any atom is 0.223 e. The van der Waals surface area contributed by atoms with Gasteiger partial charge in [-0.25, -0.2) is 0 Å². The lowest BCUT2D eigenvalue weighted by atomic mass is 10.2. The Morgan fingerprint density at radius 1 is 1.45 bits per heavy atom. The molecule has 4 heteroatoms. The number of hydrogen-bond acceptors (Lipinski definition) is 3. The Hall–Kier alpha value is -1.68. The van der Waals surface area contributed by atoms with E-state index in [9.17, 15) is 4.79 Å². The van der Waals surface area contributed by atoms with Crippen molar-refractivity contribution < 1.29 is 4.79 Å². The van der Waals surface area contributed by atoms with Crippen LogP contribution in [0.25, 0.3) is 0 Å². The van der Waals surface area contributed by atoms with Gasteiger partial charge in [0, 0.05) is 40.5 Å². The van der Waals surface area contributed by atoms with E-state index in [1.807, 2.05) is 29.7 Å². The van der Waals surface area contributed by atoms with Gasteiger partial charge in [0.1, 0.15) is 0 Å². The summed E-state index contributed by atoms with van der Waals surface area (Å²) in [6.45, 7) is 2.80. The Morgan fingerprint density at radius 2 is 2.35 bits per heavy atom. The molecule has 0 saturated heterocycles. The fourth-order valence-corrected chi connectivity index (χ4v) is 3.51. The SMILES string of the molecule is Cc1ccc([C@@H]2C[C@H]2C(=O)NCCc2cccnc2)s1. The van der Waals surface area contributed by atoms with Crippen molar-refractivity contribution in [3.63, 3.8) is 0 Å². The van der Waals surface area contributed by atoms with Gasteiger partial charge in [-0.15, -0.1) is 11.3 Å². The van der Waals surface area contributed by atoms with Gasteiger partial charge in [0.25, 0.3) is 0 Å². The molecule has 2 heterocycles. The molecule has 1 aliphatic rings. The summed E-state index contributed by atoms with van der Waals surface area (Å²) in [5.41, 5.74) is 1.16. The van der Waals surface area contributed by atoms with Gasteiger partial charge in [-0.2, -0.15) is 0 Å². The average molecular weight is 286 g/mol. The molecule has 20 heavy (non-hydrogen) atoms. The van der Waals surface area contributed by atoms with Crippen LogP contribution in [-0.4, -0.2) is 17.4 Å². The van der Waals surface area contributed by atoms with Crippen molar-refractivity contribution in [2.45, 2.75) is 25.7 Å². The van der Waals surface area contributed by atoms with Crippen LogP contribution >= 0.6 is 11.3 Å². The zero-order valence-electron chi connectivity index (χ0n) is 11.5. The molecule has 2 aromatic heterocycles. The number of nitrogens with zero attached hydrogens (tertiary/aromatic N) is 1. The fraction of sp³-hybridized carbons (Fsp3) is 0.375. The number of rotatable bonds is 5. The Balaban J connectivity index is 1.45. The number of carbonyl (C=O) groups excluding carboxylic acids is 1. The lowest BCUT2D eigenvalue weighted by molar-refractivity contribution is -0.122. The van der Waals surface area contributed by atoms with Crippen LogP contribution in [0.4, 0.5) is 0 Å². The maximum atomic E-state index is 12.1. The van der Waals surface area contributed by atoms with E-state index in [0.717, 1.165) is 18.4 Å². The Labute approximate surface area is 123 Å². The number of pyridine rings is 1. The van der Waals surface area contributed by atoms with Crippen LogP contribution in [0.2, 0.25) is 0 Å². The highest BCUT2D eigenvalue weighted by molar-refractivity contribution is 7.12. The Bertz CT molecular complexity index is 594. The predicted octanol–water partition coefficient (Wildman–Crippen LogP) is 2.91. The first kappa shape index (κ1) is 13.3. The summed E-state index contributed by atoms with van der Waals surface area (Å²) in [5.74, 6) is 0.832. The minimum atomic E-state index is 0.182. The third-order valence-corrected chi connectivity index (χ3v) is 4.82. The van der Waals surface area contributed by atoms with Gasteiger partial charge in [-0.05, 0) is 43.5 Å². The van der Waals surface area contributed by atoms with Gasteiger partial charge in [0.2, 0.25) is 5.91 Å². The average Bonchev–Trinajstić information content (AvgIpc) is 3.15. The zero-order valence-corrected chi connectivity index (χ0v) is 12.3. The van der Waals surface area contributed by atoms with E-state index in [-0.39, 0.29) is 11.8 Å². The van der Waals surface area contributed by atoms with Gasteiger partial charge in [0.05, 0.1) is 0 Å². The van der Waals surface area contributed by atoms with Crippen LogP contribution in [0, 0.1) is 12.8 Å². The molecule has 1 amide bonds. The molecule has 3 rings (SSSR count). The molecular formula is C16H18N2OS. The number of aryl methyl sites for hydroxylation is 1. The summed E-state index contributed by atoms with van der Waals surface area (Å²) in [5, 5.41) is 3.04. The molecule has 2 aromatic rings. The van der Waals surface area contributed by atoms with Gasteiger partial charge in [-0.1, -0.05) is 6.07 Å². The summed E-state index contributed by atoms with van der Waals surface area (Å²) in [6, 6.07) is 8.25. The monoisotopic (exact) mass is 286 g/mol. The second kappa shape index (κ2) is 5.75. The van der Waals surface area contributed by atoms with E-state index in [1.165, 1.54) is 9.75 Å². The standard InChI is InChI=1S/C16H18N2OS/c1-11-4-5-15(20-11)13-9-14(13)16(19)18-8-6-12-3-2-7-17-10-12/h2-5,7,10,13-14H,6,8-9H2,1H3,(H,18,19)/t13-,14-/m1/s1. The zero-order chi connectivity index (χ0) is 13.9. The molecular weight excluding hydrogens is 268 g/mol. The molecule has 1 saturated carbocycles. The predicted molar refractivity (Wildman–Crippen MR) is 80.9 cm³/mol.